The van der Waals surface area contributed by atoms with Crippen LogP contribution >= 0.6 is 11.6 Å². The molecule has 0 aliphatic rings. The summed E-state index contributed by atoms with van der Waals surface area (Å²) in [7, 11) is 0. The van der Waals surface area contributed by atoms with Gasteiger partial charge in [0, 0.05) is 17.1 Å². The van der Waals surface area contributed by atoms with Gasteiger partial charge in [0.1, 0.15) is 0 Å². The van der Waals surface area contributed by atoms with Crippen molar-refractivity contribution < 1.29 is 10.0 Å². The largest absolute Gasteiger partial charge is 0.409 e. The van der Waals surface area contributed by atoms with Crippen molar-refractivity contribution in [3.63, 3.8) is 0 Å². The molecular weight excluding hydrogens is 254 g/mol. The molecule has 0 saturated heterocycles. The fourth-order valence-corrected chi connectivity index (χ4v) is 1.74. The van der Waals surface area contributed by atoms with E-state index in [1.54, 1.807) is 25.1 Å². The second kappa shape index (κ2) is 6.26. The number of oxime groups is 1. The summed E-state index contributed by atoms with van der Waals surface area (Å²) in [5.41, 5.74) is 6.66. The van der Waals surface area contributed by atoms with Crippen molar-refractivity contribution in [3.8, 4) is 0 Å². The summed E-state index contributed by atoms with van der Waals surface area (Å²) in [5, 5.41) is 11.9. The average Bonchev–Trinajstić information content (AvgIpc) is 2.38. The first-order valence-electron chi connectivity index (χ1n) is 5.52. The van der Waals surface area contributed by atoms with E-state index in [4.69, 9.17) is 22.5 Å². The van der Waals surface area contributed by atoms with Gasteiger partial charge in [0.05, 0.1) is 6.54 Å². The van der Waals surface area contributed by atoms with Crippen LogP contribution in [0.2, 0.25) is 5.02 Å². The quantitative estimate of drug-likeness (QED) is 0.379. The molecule has 0 saturated carbocycles. The number of benzene rings is 1. The molecule has 0 heterocycles. The number of carbonyl (C=O) groups excluding carboxylic acids is 1. The number of hydrogen-bond acceptors (Lipinski definition) is 3. The molecule has 1 rings (SSSR count). The van der Waals surface area contributed by atoms with Gasteiger partial charge in [-0.3, -0.25) is 4.79 Å². The lowest BCUT2D eigenvalue weighted by atomic mass is 10.1. The number of amides is 1. The molecule has 1 amide bonds. The number of nitrogens with zero attached hydrogens (tertiary/aromatic N) is 2. The third kappa shape index (κ3) is 3.13. The van der Waals surface area contributed by atoms with Crippen molar-refractivity contribution in [3.05, 3.63) is 34.3 Å². The van der Waals surface area contributed by atoms with E-state index >= 15 is 0 Å². The van der Waals surface area contributed by atoms with E-state index < -0.39 is 0 Å². The second-order valence-corrected chi connectivity index (χ2v) is 4.23. The monoisotopic (exact) mass is 269 g/mol. The molecule has 0 spiro atoms. The lowest BCUT2D eigenvalue weighted by molar-refractivity contribution is 0.0785. The number of amidine groups is 1. The lowest BCUT2D eigenvalue weighted by Crippen LogP contribution is -2.38. The van der Waals surface area contributed by atoms with Crippen molar-refractivity contribution >= 4 is 23.3 Å². The minimum atomic E-state index is -0.191. The molecule has 3 N–H and O–H groups in total. The van der Waals surface area contributed by atoms with E-state index in [0.29, 0.717) is 17.1 Å². The van der Waals surface area contributed by atoms with Crippen LogP contribution in [0.3, 0.4) is 0 Å². The predicted molar refractivity (Wildman–Crippen MR) is 71.2 cm³/mol. The lowest BCUT2D eigenvalue weighted by Gasteiger charge is -2.21. The van der Waals surface area contributed by atoms with Crippen molar-refractivity contribution in [1.82, 2.24) is 4.90 Å². The molecule has 1 aromatic rings. The minimum absolute atomic E-state index is 0.00937. The normalized spacial score (nSPS) is 11.4. The van der Waals surface area contributed by atoms with E-state index in [1.807, 2.05) is 6.92 Å². The zero-order chi connectivity index (χ0) is 13.7. The summed E-state index contributed by atoms with van der Waals surface area (Å²) in [6.45, 7) is 4.15. The standard InChI is InChI=1S/C12H16ClN3O2/c1-3-16(7-11(14)15-18)12(17)9-5-4-6-10(13)8(9)2/h4-6,18H,3,7H2,1-2H3,(H2,14,15). The molecule has 0 radical (unpaired) electrons. The van der Waals surface area contributed by atoms with E-state index in [-0.39, 0.29) is 18.3 Å². The summed E-state index contributed by atoms with van der Waals surface area (Å²) in [5.74, 6) is -0.200. The highest BCUT2D eigenvalue weighted by atomic mass is 35.5. The average molecular weight is 270 g/mol. The van der Waals surface area contributed by atoms with Crippen LogP contribution in [0.1, 0.15) is 22.8 Å². The summed E-state index contributed by atoms with van der Waals surface area (Å²) in [4.78, 5) is 13.8. The van der Waals surface area contributed by atoms with Gasteiger partial charge >= 0.3 is 0 Å². The highest BCUT2D eigenvalue weighted by Gasteiger charge is 2.18. The maximum atomic E-state index is 12.3. The number of carbonyl (C=O) groups is 1. The highest BCUT2D eigenvalue weighted by molar-refractivity contribution is 6.31. The van der Waals surface area contributed by atoms with E-state index in [1.165, 1.54) is 4.90 Å². The third-order valence-electron chi connectivity index (χ3n) is 2.65. The van der Waals surface area contributed by atoms with Gasteiger partial charge in [-0.1, -0.05) is 22.8 Å². The van der Waals surface area contributed by atoms with Crippen LogP contribution in [0.5, 0.6) is 0 Å². The van der Waals surface area contributed by atoms with Gasteiger partial charge in [0.15, 0.2) is 5.84 Å². The molecule has 0 aliphatic carbocycles. The molecule has 98 valence electrons. The molecule has 0 aliphatic heterocycles. The first kappa shape index (κ1) is 14.3. The molecule has 0 atom stereocenters. The zero-order valence-corrected chi connectivity index (χ0v) is 11.1. The zero-order valence-electron chi connectivity index (χ0n) is 10.4. The third-order valence-corrected chi connectivity index (χ3v) is 3.06. The molecule has 1 aromatic carbocycles. The number of hydrogen-bond donors (Lipinski definition) is 2. The minimum Gasteiger partial charge on any atom is -0.409 e. The maximum absolute atomic E-state index is 12.3. The summed E-state index contributed by atoms with van der Waals surface area (Å²) >= 11 is 5.98. The molecular formula is C12H16ClN3O2. The van der Waals surface area contributed by atoms with Crippen LogP contribution in [0.15, 0.2) is 23.4 Å². The van der Waals surface area contributed by atoms with E-state index in [2.05, 4.69) is 5.16 Å². The Morgan fingerprint density at radius 1 is 1.56 bits per heavy atom. The molecule has 18 heavy (non-hydrogen) atoms. The van der Waals surface area contributed by atoms with Crippen molar-refractivity contribution in [2.45, 2.75) is 13.8 Å². The molecule has 0 fully saturated rings. The van der Waals surface area contributed by atoms with Gasteiger partial charge < -0.3 is 15.8 Å². The van der Waals surface area contributed by atoms with Gasteiger partial charge in [0.2, 0.25) is 0 Å². The highest BCUT2D eigenvalue weighted by Crippen LogP contribution is 2.20. The molecule has 0 unspecified atom stereocenters. The Bertz CT molecular complexity index is 474. The molecule has 5 nitrogen and oxygen atoms in total. The summed E-state index contributed by atoms with van der Waals surface area (Å²) in [6, 6.07) is 5.16. The number of likely N-dealkylation sites (N-methyl/N-ethyl adjacent to an activating group) is 1. The fraction of sp³-hybridized carbons (Fsp3) is 0.333. The number of rotatable bonds is 4. The van der Waals surface area contributed by atoms with E-state index in [0.717, 1.165) is 5.56 Å². The Labute approximate surface area is 111 Å². The number of halogens is 1. The van der Waals surface area contributed by atoms with Crippen molar-refractivity contribution in [2.75, 3.05) is 13.1 Å². The first-order chi connectivity index (χ1) is 8.51. The van der Waals surface area contributed by atoms with Crippen LogP contribution in [0.4, 0.5) is 0 Å². The topological polar surface area (TPSA) is 78.9 Å². The first-order valence-corrected chi connectivity index (χ1v) is 5.89. The Morgan fingerprint density at radius 2 is 2.22 bits per heavy atom. The Balaban J connectivity index is 3.00. The molecule has 6 heteroatoms. The predicted octanol–water partition coefficient (Wildman–Crippen LogP) is 1.86. The van der Waals surface area contributed by atoms with Gasteiger partial charge in [0.25, 0.3) is 5.91 Å². The fourth-order valence-electron chi connectivity index (χ4n) is 1.56. The SMILES string of the molecule is CCN(C/C(N)=N/O)C(=O)c1cccc(Cl)c1C. The van der Waals surface area contributed by atoms with Crippen LogP contribution in [0.25, 0.3) is 0 Å². The van der Waals surface area contributed by atoms with Crippen molar-refractivity contribution in [1.29, 1.82) is 0 Å². The summed E-state index contributed by atoms with van der Waals surface area (Å²) in [6.07, 6.45) is 0. The second-order valence-electron chi connectivity index (χ2n) is 3.82. The number of nitrogens with two attached hydrogens (primary N) is 1. The molecule has 0 bridgehead atoms. The van der Waals surface area contributed by atoms with Gasteiger partial charge in [-0.25, -0.2) is 0 Å². The van der Waals surface area contributed by atoms with Crippen LogP contribution < -0.4 is 5.73 Å². The Hall–Kier alpha value is -1.75. The molecule has 0 aromatic heterocycles. The van der Waals surface area contributed by atoms with Crippen LogP contribution in [0, 0.1) is 6.92 Å². The van der Waals surface area contributed by atoms with Crippen molar-refractivity contribution in [2.24, 2.45) is 10.9 Å². The van der Waals surface area contributed by atoms with E-state index in [9.17, 15) is 4.79 Å². The van der Waals surface area contributed by atoms with Gasteiger partial charge in [-0.15, -0.1) is 0 Å². The Morgan fingerprint density at radius 3 is 2.78 bits per heavy atom. The maximum Gasteiger partial charge on any atom is 0.254 e. The Kier molecular flexibility index (Phi) is 4.97. The van der Waals surface area contributed by atoms with Crippen LogP contribution in [-0.2, 0) is 0 Å². The summed E-state index contributed by atoms with van der Waals surface area (Å²) < 4.78 is 0. The van der Waals surface area contributed by atoms with Crippen LogP contribution in [-0.4, -0.2) is 34.9 Å². The smallest absolute Gasteiger partial charge is 0.254 e. The van der Waals surface area contributed by atoms with Gasteiger partial charge in [-0.05, 0) is 31.5 Å². The van der Waals surface area contributed by atoms with Gasteiger partial charge in [-0.2, -0.15) is 0 Å².